The van der Waals surface area contributed by atoms with Crippen LogP contribution in [0.1, 0.15) is 26.3 Å². The summed E-state index contributed by atoms with van der Waals surface area (Å²) in [7, 11) is -1.18. The molecular weight excluding hydrogens is 477 g/mol. The van der Waals surface area contributed by atoms with Crippen LogP contribution < -0.4 is 19.1 Å². The van der Waals surface area contributed by atoms with Gasteiger partial charge in [-0.25, -0.2) is 12.8 Å². The highest BCUT2D eigenvalue weighted by molar-refractivity contribution is 7.92. The lowest BCUT2D eigenvalue weighted by molar-refractivity contribution is -0.139. The molecule has 11 heteroatoms. The van der Waals surface area contributed by atoms with Crippen LogP contribution in [0.25, 0.3) is 0 Å². The average Bonchev–Trinajstić information content (AvgIpc) is 2.79. The van der Waals surface area contributed by atoms with Gasteiger partial charge >= 0.3 is 0 Å². The lowest BCUT2D eigenvalue weighted by atomic mass is 10.1. The maximum Gasteiger partial charge on any atom is 0.244 e. The molecule has 0 aromatic heterocycles. The lowest BCUT2D eigenvalue weighted by Crippen LogP contribution is -2.52. The fraction of sp³-hybridized carbons (Fsp3) is 0.417. The van der Waals surface area contributed by atoms with Crippen LogP contribution in [-0.2, 0) is 26.2 Å². The minimum atomic E-state index is -3.97. The van der Waals surface area contributed by atoms with Gasteiger partial charge in [0, 0.05) is 24.2 Å². The molecule has 9 nitrogen and oxygen atoms in total. The molecule has 0 radical (unpaired) electrons. The first kappa shape index (κ1) is 27.9. The number of rotatable bonds is 11. The van der Waals surface area contributed by atoms with Gasteiger partial charge in [0.2, 0.25) is 21.8 Å². The van der Waals surface area contributed by atoms with Crippen molar-refractivity contribution in [2.45, 2.75) is 39.4 Å². The Balaban J connectivity index is 2.50. The Morgan fingerprint density at radius 3 is 2.26 bits per heavy atom. The minimum Gasteiger partial charge on any atom is -0.497 e. The summed E-state index contributed by atoms with van der Waals surface area (Å²) in [5.41, 5.74) is 0.280. The highest BCUT2D eigenvalue weighted by atomic mass is 32.2. The molecule has 0 saturated carbocycles. The average molecular weight is 510 g/mol. The van der Waals surface area contributed by atoms with Gasteiger partial charge in [0.15, 0.2) is 0 Å². The van der Waals surface area contributed by atoms with Gasteiger partial charge < -0.3 is 19.7 Å². The molecule has 0 aliphatic rings. The third kappa shape index (κ3) is 7.32. The zero-order valence-corrected chi connectivity index (χ0v) is 21.6. The molecule has 2 aromatic carbocycles. The Morgan fingerprint density at radius 1 is 1.06 bits per heavy atom. The quantitative estimate of drug-likeness (QED) is 0.499. The Morgan fingerprint density at radius 2 is 1.71 bits per heavy atom. The zero-order chi connectivity index (χ0) is 26.3. The Bertz CT molecular complexity index is 1160. The monoisotopic (exact) mass is 509 g/mol. The molecule has 0 unspecified atom stereocenters. The Labute approximate surface area is 205 Å². The molecule has 2 rings (SSSR count). The number of hydrogen-bond donors (Lipinski definition) is 1. The predicted molar refractivity (Wildman–Crippen MR) is 131 cm³/mol. The molecule has 0 fully saturated rings. The number of anilines is 1. The fourth-order valence-corrected chi connectivity index (χ4v) is 4.23. The van der Waals surface area contributed by atoms with Crippen molar-refractivity contribution in [3.05, 3.63) is 53.8 Å². The van der Waals surface area contributed by atoms with Gasteiger partial charge in [0.25, 0.3) is 0 Å². The van der Waals surface area contributed by atoms with E-state index in [1.165, 1.54) is 51.5 Å². The van der Waals surface area contributed by atoms with Crippen molar-refractivity contribution in [2.75, 3.05) is 31.3 Å². The van der Waals surface area contributed by atoms with Gasteiger partial charge in [-0.15, -0.1) is 0 Å². The SMILES string of the molecule is COc1ccc(OC)c(N(CC(=O)N(Cc2ccccc2F)[C@@H](C)C(=O)NC(C)C)S(C)(=O)=O)c1. The summed E-state index contributed by atoms with van der Waals surface area (Å²) in [4.78, 5) is 27.4. The Hall–Kier alpha value is -3.34. The largest absolute Gasteiger partial charge is 0.497 e. The van der Waals surface area contributed by atoms with Crippen LogP contribution in [0.15, 0.2) is 42.5 Å². The maximum absolute atomic E-state index is 14.4. The highest BCUT2D eigenvalue weighted by Crippen LogP contribution is 2.34. The number of methoxy groups -OCH3 is 2. The van der Waals surface area contributed by atoms with Gasteiger partial charge in [-0.1, -0.05) is 18.2 Å². The number of hydrogen-bond acceptors (Lipinski definition) is 6. The number of halogens is 1. The van der Waals surface area contributed by atoms with Crippen molar-refractivity contribution in [2.24, 2.45) is 0 Å². The summed E-state index contributed by atoms with van der Waals surface area (Å²) in [6, 6.07) is 9.23. The van der Waals surface area contributed by atoms with Crippen molar-refractivity contribution >= 4 is 27.5 Å². The summed E-state index contributed by atoms with van der Waals surface area (Å²) < 4.78 is 51.3. The number of benzene rings is 2. The van der Waals surface area contributed by atoms with E-state index in [2.05, 4.69) is 5.32 Å². The number of amides is 2. The highest BCUT2D eigenvalue weighted by Gasteiger charge is 2.32. The molecule has 2 amide bonds. The standard InChI is InChI=1S/C24H32FN3O6S/c1-16(2)26-24(30)17(3)27(14-18-9-7-8-10-20(18)25)23(29)15-28(35(6,31)32)21-13-19(33-4)11-12-22(21)34-5/h7-13,16-17H,14-15H2,1-6H3,(H,26,30)/t17-/m0/s1. The molecule has 2 aromatic rings. The first-order valence-electron chi connectivity index (χ1n) is 10.9. The van der Waals surface area contributed by atoms with Gasteiger partial charge in [-0.05, 0) is 39.0 Å². The van der Waals surface area contributed by atoms with E-state index in [0.29, 0.717) is 5.75 Å². The number of nitrogens with zero attached hydrogens (tertiary/aromatic N) is 2. The fourth-order valence-electron chi connectivity index (χ4n) is 3.38. The van der Waals surface area contributed by atoms with Gasteiger partial charge in [-0.2, -0.15) is 0 Å². The van der Waals surface area contributed by atoms with E-state index in [-0.39, 0.29) is 29.6 Å². The molecule has 192 valence electrons. The van der Waals surface area contributed by atoms with E-state index in [1.807, 2.05) is 0 Å². The lowest BCUT2D eigenvalue weighted by Gasteiger charge is -2.32. The van der Waals surface area contributed by atoms with Crippen LogP contribution in [0.5, 0.6) is 11.5 Å². The summed E-state index contributed by atoms with van der Waals surface area (Å²) in [5, 5.41) is 2.73. The van der Waals surface area contributed by atoms with Gasteiger partial charge in [0.1, 0.15) is 29.9 Å². The summed E-state index contributed by atoms with van der Waals surface area (Å²) in [6.45, 7) is 4.18. The van der Waals surface area contributed by atoms with Crippen molar-refractivity contribution in [3.63, 3.8) is 0 Å². The molecule has 0 bridgehead atoms. The number of carbonyl (C=O) groups excluding carboxylic acids is 2. The van der Waals surface area contributed by atoms with Crippen molar-refractivity contribution in [1.82, 2.24) is 10.2 Å². The maximum atomic E-state index is 14.4. The van der Waals surface area contributed by atoms with Crippen molar-refractivity contribution in [3.8, 4) is 11.5 Å². The van der Waals surface area contributed by atoms with E-state index in [4.69, 9.17) is 9.47 Å². The van der Waals surface area contributed by atoms with E-state index in [9.17, 15) is 22.4 Å². The number of carbonyl (C=O) groups is 2. The van der Waals surface area contributed by atoms with Crippen LogP contribution in [0.4, 0.5) is 10.1 Å². The normalized spacial score (nSPS) is 12.1. The molecule has 0 heterocycles. The van der Waals surface area contributed by atoms with Crippen molar-refractivity contribution in [1.29, 1.82) is 0 Å². The molecule has 1 N–H and O–H groups in total. The van der Waals surface area contributed by atoms with E-state index >= 15 is 0 Å². The molecule has 0 aliphatic heterocycles. The molecule has 0 spiro atoms. The second kappa shape index (κ2) is 11.9. The number of nitrogens with one attached hydrogen (secondary N) is 1. The predicted octanol–water partition coefficient (Wildman–Crippen LogP) is 2.55. The third-order valence-corrected chi connectivity index (χ3v) is 6.36. The zero-order valence-electron chi connectivity index (χ0n) is 20.7. The van der Waals surface area contributed by atoms with Crippen LogP contribution in [0.2, 0.25) is 0 Å². The first-order valence-corrected chi connectivity index (χ1v) is 12.8. The molecular formula is C24H32FN3O6S. The number of ether oxygens (including phenoxy) is 2. The second-order valence-corrected chi connectivity index (χ2v) is 10.2. The topological polar surface area (TPSA) is 105 Å². The summed E-state index contributed by atoms with van der Waals surface area (Å²) in [6.07, 6.45) is 0.954. The first-order chi connectivity index (χ1) is 16.4. The van der Waals surface area contributed by atoms with Crippen LogP contribution >= 0.6 is 0 Å². The third-order valence-electron chi connectivity index (χ3n) is 5.23. The second-order valence-electron chi connectivity index (χ2n) is 8.26. The van der Waals surface area contributed by atoms with E-state index in [0.717, 1.165) is 15.5 Å². The minimum absolute atomic E-state index is 0.0906. The van der Waals surface area contributed by atoms with Crippen LogP contribution in [-0.4, -0.2) is 64.2 Å². The Kier molecular flexibility index (Phi) is 9.47. The molecule has 1 atom stereocenters. The number of sulfonamides is 1. The molecule has 35 heavy (non-hydrogen) atoms. The van der Waals surface area contributed by atoms with Crippen LogP contribution in [0.3, 0.4) is 0 Å². The van der Waals surface area contributed by atoms with E-state index in [1.54, 1.807) is 26.0 Å². The van der Waals surface area contributed by atoms with Gasteiger partial charge in [0.05, 0.1) is 26.2 Å². The van der Waals surface area contributed by atoms with Gasteiger partial charge in [-0.3, -0.25) is 13.9 Å². The summed E-state index contributed by atoms with van der Waals surface area (Å²) >= 11 is 0. The molecule has 0 aliphatic carbocycles. The summed E-state index contributed by atoms with van der Waals surface area (Å²) in [5.74, 6) is -1.13. The van der Waals surface area contributed by atoms with Crippen LogP contribution in [0, 0.1) is 5.82 Å². The van der Waals surface area contributed by atoms with Crippen molar-refractivity contribution < 1.29 is 31.9 Å². The molecule has 0 saturated heterocycles. The van der Waals surface area contributed by atoms with E-state index < -0.39 is 40.2 Å². The smallest absolute Gasteiger partial charge is 0.244 e.